The molecule has 0 saturated carbocycles. The van der Waals surface area contributed by atoms with Crippen LogP contribution in [-0.2, 0) is 16.0 Å². The van der Waals surface area contributed by atoms with Crippen LogP contribution in [0.15, 0.2) is 36.4 Å². The van der Waals surface area contributed by atoms with Crippen LogP contribution in [0.5, 0.6) is 5.75 Å². The molecule has 2 N–H and O–H groups in total. The van der Waals surface area contributed by atoms with Crippen LogP contribution in [0.1, 0.15) is 5.56 Å². The molecule has 0 spiro atoms. The lowest BCUT2D eigenvalue weighted by Gasteiger charge is -2.26. The van der Waals surface area contributed by atoms with Gasteiger partial charge in [-0.15, -0.1) is 0 Å². The van der Waals surface area contributed by atoms with Crippen molar-refractivity contribution in [3.05, 3.63) is 42.0 Å². The molecule has 0 aromatic heterocycles. The molecule has 1 fully saturated rings. The van der Waals surface area contributed by atoms with Crippen molar-refractivity contribution in [1.29, 1.82) is 0 Å². The Bertz CT molecular complexity index is 681. The molecule has 0 atom stereocenters. The molecule has 0 bridgehead atoms. The summed E-state index contributed by atoms with van der Waals surface area (Å²) in [5.74, 6) is 0.526. The summed E-state index contributed by atoms with van der Waals surface area (Å²) in [6, 6.07) is 11.8. The van der Waals surface area contributed by atoms with Crippen LogP contribution in [0.25, 0.3) is 10.8 Å². The van der Waals surface area contributed by atoms with Gasteiger partial charge in [0.05, 0.1) is 19.6 Å². The highest BCUT2D eigenvalue weighted by atomic mass is 16.5. The average Bonchev–Trinajstić information content (AvgIpc) is 2.57. The molecule has 1 amide bonds. The van der Waals surface area contributed by atoms with E-state index < -0.39 is 0 Å². The monoisotopic (exact) mass is 314 g/mol. The summed E-state index contributed by atoms with van der Waals surface area (Å²) in [5, 5.41) is 2.04. The van der Waals surface area contributed by atoms with E-state index in [0.717, 1.165) is 54.9 Å². The van der Waals surface area contributed by atoms with E-state index >= 15 is 0 Å². The number of fused-ring (bicyclic) bond motifs is 1. The van der Waals surface area contributed by atoms with E-state index in [0.29, 0.717) is 6.61 Å². The Kier molecular flexibility index (Phi) is 5.10. The number of nitrogens with zero attached hydrogens (tertiary/aromatic N) is 1. The summed E-state index contributed by atoms with van der Waals surface area (Å²) in [4.78, 5) is 13.6. The molecule has 1 saturated heterocycles. The van der Waals surface area contributed by atoms with Crippen molar-refractivity contribution in [3.8, 4) is 5.75 Å². The van der Waals surface area contributed by atoms with Gasteiger partial charge in [-0.2, -0.15) is 0 Å². The highest BCUT2D eigenvalue weighted by Crippen LogP contribution is 2.28. The molecule has 0 radical (unpaired) electrons. The van der Waals surface area contributed by atoms with E-state index in [1.807, 2.05) is 36.4 Å². The largest absolute Gasteiger partial charge is 0.492 e. The number of benzene rings is 2. The predicted octanol–water partition coefficient (Wildman–Crippen LogP) is 1.58. The number of amides is 1. The number of carbonyl (C=O) groups is 1. The zero-order valence-corrected chi connectivity index (χ0v) is 13.2. The number of primary amides is 1. The normalized spacial score (nSPS) is 15.7. The maximum Gasteiger partial charge on any atom is 0.221 e. The topological polar surface area (TPSA) is 64.8 Å². The first kappa shape index (κ1) is 15.8. The molecule has 5 heteroatoms. The van der Waals surface area contributed by atoms with Crippen molar-refractivity contribution in [1.82, 2.24) is 4.90 Å². The number of morpholine rings is 1. The van der Waals surface area contributed by atoms with Crippen LogP contribution in [0.2, 0.25) is 0 Å². The minimum Gasteiger partial charge on any atom is -0.492 e. The van der Waals surface area contributed by atoms with E-state index in [1.54, 1.807) is 0 Å². The van der Waals surface area contributed by atoms with Crippen molar-refractivity contribution in [3.63, 3.8) is 0 Å². The van der Waals surface area contributed by atoms with E-state index in [-0.39, 0.29) is 12.3 Å². The summed E-state index contributed by atoms with van der Waals surface area (Å²) in [5.41, 5.74) is 6.27. The lowest BCUT2D eigenvalue weighted by Crippen LogP contribution is -2.38. The summed E-state index contributed by atoms with van der Waals surface area (Å²) in [6.45, 7) is 5.04. The van der Waals surface area contributed by atoms with E-state index in [1.165, 1.54) is 0 Å². The van der Waals surface area contributed by atoms with Crippen molar-refractivity contribution in [2.24, 2.45) is 5.73 Å². The SMILES string of the molecule is NC(=O)Cc1ccc(OCCN2CCOCC2)c2ccccc12. The molecule has 1 heterocycles. The number of hydrogen-bond acceptors (Lipinski definition) is 4. The fourth-order valence-corrected chi connectivity index (χ4v) is 2.91. The van der Waals surface area contributed by atoms with Crippen LogP contribution in [0.4, 0.5) is 0 Å². The van der Waals surface area contributed by atoms with Crippen molar-refractivity contribution >= 4 is 16.7 Å². The van der Waals surface area contributed by atoms with Gasteiger partial charge >= 0.3 is 0 Å². The molecule has 1 aliphatic heterocycles. The first-order chi connectivity index (χ1) is 11.2. The number of ether oxygens (including phenoxy) is 2. The van der Waals surface area contributed by atoms with Crippen molar-refractivity contribution in [2.45, 2.75) is 6.42 Å². The van der Waals surface area contributed by atoms with E-state index in [9.17, 15) is 4.79 Å². The third-order valence-electron chi connectivity index (χ3n) is 4.11. The van der Waals surface area contributed by atoms with Crippen molar-refractivity contribution in [2.75, 3.05) is 39.5 Å². The van der Waals surface area contributed by atoms with Crippen LogP contribution in [0.3, 0.4) is 0 Å². The first-order valence-electron chi connectivity index (χ1n) is 7.96. The molecule has 122 valence electrons. The molecule has 1 aliphatic rings. The Morgan fingerprint density at radius 1 is 1.13 bits per heavy atom. The van der Waals surface area contributed by atoms with Crippen LogP contribution in [-0.4, -0.2) is 50.3 Å². The highest BCUT2D eigenvalue weighted by Gasteiger charge is 2.11. The number of nitrogens with two attached hydrogens (primary N) is 1. The Labute approximate surface area is 136 Å². The number of hydrogen-bond donors (Lipinski definition) is 1. The van der Waals surface area contributed by atoms with E-state index in [4.69, 9.17) is 15.2 Å². The summed E-state index contributed by atoms with van der Waals surface area (Å²) >= 11 is 0. The van der Waals surface area contributed by atoms with Gasteiger partial charge in [0.25, 0.3) is 0 Å². The highest BCUT2D eigenvalue weighted by molar-refractivity contribution is 5.93. The average molecular weight is 314 g/mol. The summed E-state index contributed by atoms with van der Waals surface area (Å²) in [6.07, 6.45) is 0.245. The predicted molar refractivity (Wildman–Crippen MR) is 89.6 cm³/mol. The van der Waals surface area contributed by atoms with Gasteiger partial charge in [-0.25, -0.2) is 0 Å². The Morgan fingerprint density at radius 2 is 1.87 bits per heavy atom. The molecule has 23 heavy (non-hydrogen) atoms. The zero-order chi connectivity index (χ0) is 16.1. The molecule has 2 aromatic rings. The van der Waals surface area contributed by atoms with Gasteiger partial charge in [0, 0.05) is 25.0 Å². The maximum atomic E-state index is 11.2. The molecular formula is C18H22N2O3. The van der Waals surface area contributed by atoms with Crippen LogP contribution >= 0.6 is 0 Å². The third kappa shape index (κ3) is 4.00. The summed E-state index contributed by atoms with van der Waals surface area (Å²) < 4.78 is 11.3. The fourth-order valence-electron chi connectivity index (χ4n) is 2.91. The molecular weight excluding hydrogens is 292 g/mol. The second kappa shape index (κ2) is 7.44. The third-order valence-corrected chi connectivity index (χ3v) is 4.11. The number of carbonyl (C=O) groups excluding carboxylic acids is 1. The Morgan fingerprint density at radius 3 is 2.61 bits per heavy atom. The van der Waals surface area contributed by atoms with Gasteiger partial charge in [0.2, 0.25) is 5.91 Å². The fraction of sp³-hybridized carbons (Fsp3) is 0.389. The minimum atomic E-state index is -0.323. The Balaban J connectivity index is 1.72. The van der Waals surface area contributed by atoms with Crippen LogP contribution in [0, 0.1) is 0 Å². The van der Waals surface area contributed by atoms with Crippen molar-refractivity contribution < 1.29 is 14.3 Å². The second-order valence-corrected chi connectivity index (χ2v) is 5.71. The summed E-state index contributed by atoms with van der Waals surface area (Å²) in [7, 11) is 0. The lowest BCUT2D eigenvalue weighted by molar-refractivity contribution is -0.117. The maximum absolute atomic E-state index is 11.2. The molecule has 5 nitrogen and oxygen atoms in total. The minimum absolute atomic E-state index is 0.245. The van der Waals surface area contributed by atoms with Crippen LogP contribution < -0.4 is 10.5 Å². The molecule has 0 unspecified atom stereocenters. The van der Waals surface area contributed by atoms with Gasteiger partial charge in [-0.1, -0.05) is 30.3 Å². The van der Waals surface area contributed by atoms with Gasteiger partial charge < -0.3 is 15.2 Å². The van der Waals surface area contributed by atoms with Gasteiger partial charge in [-0.3, -0.25) is 9.69 Å². The molecule has 3 rings (SSSR count). The van der Waals surface area contributed by atoms with Gasteiger partial charge in [-0.05, 0) is 17.0 Å². The quantitative estimate of drug-likeness (QED) is 0.879. The lowest BCUT2D eigenvalue weighted by atomic mass is 10.0. The molecule has 0 aliphatic carbocycles. The first-order valence-corrected chi connectivity index (χ1v) is 7.96. The van der Waals surface area contributed by atoms with Gasteiger partial charge in [0.15, 0.2) is 0 Å². The van der Waals surface area contributed by atoms with E-state index in [2.05, 4.69) is 4.90 Å². The van der Waals surface area contributed by atoms with Gasteiger partial charge in [0.1, 0.15) is 12.4 Å². The zero-order valence-electron chi connectivity index (χ0n) is 13.2. The smallest absolute Gasteiger partial charge is 0.221 e. The Hall–Kier alpha value is -2.11. The molecule has 2 aromatic carbocycles. The second-order valence-electron chi connectivity index (χ2n) is 5.71. The standard InChI is InChI=1S/C18H22N2O3/c19-18(21)13-14-5-6-17(16-4-2-1-3-15(14)16)23-12-9-20-7-10-22-11-8-20/h1-6H,7-13H2,(H2,19,21). The number of rotatable bonds is 6.